The standard InChI is InChI=1S/C9H7N3O/c13-12-3-1-2-8(6-12)9-4-10-7-11-5-9/h1-7H. The highest BCUT2D eigenvalue weighted by molar-refractivity contribution is 5.58. The summed E-state index contributed by atoms with van der Waals surface area (Å²) in [6.07, 6.45) is 7.72. The van der Waals surface area contributed by atoms with Crippen molar-refractivity contribution < 1.29 is 4.73 Å². The van der Waals surface area contributed by atoms with Gasteiger partial charge in [-0.15, -0.1) is 0 Å². The Kier molecular flexibility index (Phi) is 1.88. The van der Waals surface area contributed by atoms with Crippen molar-refractivity contribution in [1.82, 2.24) is 9.97 Å². The minimum atomic E-state index is 0.752. The highest BCUT2D eigenvalue weighted by Gasteiger charge is 2.00. The van der Waals surface area contributed by atoms with Crippen molar-refractivity contribution in [2.75, 3.05) is 0 Å². The molecule has 0 aliphatic heterocycles. The quantitative estimate of drug-likeness (QED) is 0.473. The predicted octanol–water partition coefficient (Wildman–Crippen LogP) is 0.777. The third-order valence-corrected chi connectivity index (χ3v) is 1.67. The molecule has 4 nitrogen and oxygen atoms in total. The van der Waals surface area contributed by atoms with Crippen LogP contribution in [0.5, 0.6) is 0 Å². The van der Waals surface area contributed by atoms with Crippen LogP contribution in [0.3, 0.4) is 0 Å². The molecular formula is C9H7N3O. The summed E-state index contributed by atoms with van der Waals surface area (Å²) in [5.41, 5.74) is 1.66. The molecule has 4 heteroatoms. The van der Waals surface area contributed by atoms with Crippen molar-refractivity contribution in [1.29, 1.82) is 0 Å². The topological polar surface area (TPSA) is 52.7 Å². The van der Waals surface area contributed by atoms with Gasteiger partial charge in [-0.3, -0.25) is 0 Å². The van der Waals surface area contributed by atoms with Crippen molar-refractivity contribution in [2.24, 2.45) is 0 Å². The van der Waals surface area contributed by atoms with Crippen LogP contribution < -0.4 is 4.73 Å². The Bertz CT molecular complexity index is 403. The number of nitrogens with zero attached hydrogens (tertiary/aromatic N) is 3. The number of hydrogen-bond donors (Lipinski definition) is 0. The first-order chi connectivity index (χ1) is 6.36. The van der Waals surface area contributed by atoms with E-state index in [2.05, 4.69) is 9.97 Å². The van der Waals surface area contributed by atoms with Gasteiger partial charge >= 0.3 is 0 Å². The van der Waals surface area contributed by atoms with Gasteiger partial charge < -0.3 is 5.21 Å². The second-order valence-corrected chi connectivity index (χ2v) is 2.58. The van der Waals surface area contributed by atoms with E-state index in [-0.39, 0.29) is 0 Å². The Hall–Kier alpha value is -1.97. The third kappa shape index (κ3) is 1.61. The van der Waals surface area contributed by atoms with Crippen LogP contribution in [0.25, 0.3) is 11.1 Å². The Morgan fingerprint density at radius 2 is 1.92 bits per heavy atom. The van der Waals surface area contributed by atoms with E-state index in [4.69, 9.17) is 0 Å². The molecule has 0 aliphatic rings. The maximum atomic E-state index is 10.9. The summed E-state index contributed by atoms with van der Waals surface area (Å²) in [6, 6.07) is 3.53. The third-order valence-electron chi connectivity index (χ3n) is 1.67. The zero-order chi connectivity index (χ0) is 9.10. The van der Waals surface area contributed by atoms with Crippen LogP contribution in [0.2, 0.25) is 0 Å². The molecule has 0 fully saturated rings. The van der Waals surface area contributed by atoms with E-state index in [0.717, 1.165) is 15.9 Å². The van der Waals surface area contributed by atoms with Gasteiger partial charge in [0.05, 0.1) is 5.56 Å². The lowest BCUT2D eigenvalue weighted by molar-refractivity contribution is -0.604. The maximum Gasteiger partial charge on any atom is 0.188 e. The highest BCUT2D eigenvalue weighted by atomic mass is 16.5. The maximum absolute atomic E-state index is 10.9. The van der Waals surface area contributed by atoms with Crippen LogP contribution in [0, 0.1) is 5.21 Å². The van der Waals surface area contributed by atoms with E-state index in [9.17, 15) is 5.21 Å². The fourth-order valence-electron chi connectivity index (χ4n) is 1.07. The van der Waals surface area contributed by atoms with Crippen LogP contribution >= 0.6 is 0 Å². The van der Waals surface area contributed by atoms with Gasteiger partial charge in [-0.05, 0) is 6.07 Å². The second kappa shape index (κ2) is 3.18. The first kappa shape index (κ1) is 7.67. The molecule has 2 aromatic heterocycles. The molecular weight excluding hydrogens is 166 g/mol. The van der Waals surface area contributed by atoms with E-state index in [1.165, 1.54) is 18.7 Å². The fraction of sp³-hybridized carbons (Fsp3) is 0. The number of rotatable bonds is 1. The molecule has 0 spiro atoms. The first-order valence-electron chi connectivity index (χ1n) is 3.80. The Labute approximate surface area is 75.1 Å². The number of hydrogen-bond acceptors (Lipinski definition) is 3. The molecule has 2 rings (SSSR count). The number of pyridine rings is 1. The summed E-state index contributed by atoms with van der Waals surface area (Å²) in [6.45, 7) is 0. The predicted molar refractivity (Wildman–Crippen MR) is 46.4 cm³/mol. The lowest BCUT2D eigenvalue weighted by Crippen LogP contribution is -2.23. The molecule has 0 unspecified atom stereocenters. The molecule has 0 saturated heterocycles. The lowest BCUT2D eigenvalue weighted by Gasteiger charge is -1.99. The van der Waals surface area contributed by atoms with Crippen molar-refractivity contribution in [3.8, 4) is 11.1 Å². The Morgan fingerprint density at radius 3 is 2.62 bits per heavy atom. The SMILES string of the molecule is [O-][n+]1cccc(-c2cncnc2)c1. The average molecular weight is 173 g/mol. The molecule has 13 heavy (non-hydrogen) atoms. The molecule has 0 aromatic carbocycles. The second-order valence-electron chi connectivity index (χ2n) is 2.58. The fourth-order valence-corrected chi connectivity index (χ4v) is 1.07. The smallest absolute Gasteiger partial charge is 0.188 e. The minimum Gasteiger partial charge on any atom is -0.619 e. The molecule has 64 valence electrons. The summed E-state index contributed by atoms with van der Waals surface area (Å²) in [5.74, 6) is 0. The lowest BCUT2D eigenvalue weighted by atomic mass is 10.2. The molecule has 2 aromatic rings. The monoisotopic (exact) mass is 173 g/mol. The van der Waals surface area contributed by atoms with E-state index < -0.39 is 0 Å². The van der Waals surface area contributed by atoms with Crippen LogP contribution in [0.15, 0.2) is 43.2 Å². The van der Waals surface area contributed by atoms with Crippen molar-refractivity contribution >= 4 is 0 Å². The Balaban J connectivity index is 2.48. The summed E-state index contributed by atoms with van der Waals surface area (Å²) < 4.78 is 0.752. The van der Waals surface area contributed by atoms with E-state index in [1.807, 2.05) is 6.07 Å². The van der Waals surface area contributed by atoms with Crippen LogP contribution in [0.1, 0.15) is 0 Å². The van der Waals surface area contributed by atoms with E-state index in [0.29, 0.717) is 0 Å². The number of aromatic nitrogens is 3. The van der Waals surface area contributed by atoms with Gasteiger partial charge in [0.2, 0.25) is 0 Å². The Morgan fingerprint density at radius 1 is 1.15 bits per heavy atom. The van der Waals surface area contributed by atoms with Gasteiger partial charge in [0.15, 0.2) is 12.4 Å². The van der Waals surface area contributed by atoms with Crippen molar-refractivity contribution in [3.63, 3.8) is 0 Å². The molecule has 2 heterocycles. The molecule has 0 aliphatic carbocycles. The molecule has 0 N–H and O–H groups in total. The normalized spacial score (nSPS) is 9.85. The minimum absolute atomic E-state index is 0.752. The van der Waals surface area contributed by atoms with Gasteiger partial charge in [-0.2, -0.15) is 4.73 Å². The van der Waals surface area contributed by atoms with Crippen molar-refractivity contribution in [3.05, 3.63) is 48.5 Å². The van der Waals surface area contributed by atoms with Gasteiger partial charge in [0.25, 0.3) is 0 Å². The molecule has 0 radical (unpaired) electrons. The van der Waals surface area contributed by atoms with E-state index in [1.54, 1.807) is 18.5 Å². The summed E-state index contributed by atoms with van der Waals surface area (Å²) in [5, 5.41) is 10.9. The van der Waals surface area contributed by atoms with Gasteiger partial charge in [-0.25, -0.2) is 9.97 Å². The first-order valence-corrected chi connectivity index (χ1v) is 3.80. The zero-order valence-corrected chi connectivity index (χ0v) is 6.79. The van der Waals surface area contributed by atoms with Gasteiger partial charge in [-0.1, -0.05) is 0 Å². The van der Waals surface area contributed by atoms with Crippen molar-refractivity contribution in [2.45, 2.75) is 0 Å². The largest absolute Gasteiger partial charge is 0.619 e. The van der Waals surface area contributed by atoms with E-state index >= 15 is 0 Å². The molecule has 0 amide bonds. The molecule has 0 atom stereocenters. The van der Waals surface area contributed by atoms with Gasteiger partial charge in [0.1, 0.15) is 6.33 Å². The van der Waals surface area contributed by atoms with Crippen LogP contribution in [0.4, 0.5) is 0 Å². The zero-order valence-electron chi connectivity index (χ0n) is 6.79. The summed E-state index contributed by atoms with van der Waals surface area (Å²) in [7, 11) is 0. The highest BCUT2D eigenvalue weighted by Crippen LogP contribution is 2.13. The van der Waals surface area contributed by atoms with Crippen LogP contribution in [-0.2, 0) is 0 Å². The van der Waals surface area contributed by atoms with Gasteiger partial charge in [0, 0.05) is 24.0 Å². The summed E-state index contributed by atoms with van der Waals surface area (Å²) >= 11 is 0. The van der Waals surface area contributed by atoms with Crippen LogP contribution in [-0.4, -0.2) is 9.97 Å². The molecule has 0 saturated carbocycles. The molecule has 0 bridgehead atoms. The summed E-state index contributed by atoms with van der Waals surface area (Å²) in [4.78, 5) is 7.74. The average Bonchev–Trinajstić information content (AvgIpc) is 2.19.